The SMILES string of the molecule is CNC(Cc1ccoc1)C1Cc2ccccc21. The van der Waals surface area contributed by atoms with Crippen LogP contribution in [0.5, 0.6) is 0 Å². The Labute approximate surface area is 102 Å². The number of furan rings is 1. The van der Waals surface area contributed by atoms with E-state index in [4.69, 9.17) is 4.42 Å². The van der Waals surface area contributed by atoms with Crippen LogP contribution in [0.2, 0.25) is 0 Å². The fraction of sp³-hybridized carbons (Fsp3) is 0.333. The van der Waals surface area contributed by atoms with Crippen LogP contribution < -0.4 is 5.32 Å². The fourth-order valence-corrected chi connectivity index (χ4v) is 2.76. The summed E-state index contributed by atoms with van der Waals surface area (Å²) in [5.74, 6) is 0.645. The normalized spacial score (nSPS) is 19.5. The Bertz CT molecular complexity index is 489. The number of nitrogens with one attached hydrogen (secondary N) is 1. The molecule has 0 spiro atoms. The first kappa shape index (κ1) is 10.6. The van der Waals surface area contributed by atoms with E-state index >= 15 is 0 Å². The number of hydrogen-bond donors (Lipinski definition) is 1. The molecule has 17 heavy (non-hydrogen) atoms. The molecule has 1 aromatic heterocycles. The number of rotatable bonds is 4. The van der Waals surface area contributed by atoms with E-state index in [2.05, 4.69) is 35.6 Å². The van der Waals surface area contributed by atoms with Gasteiger partial charge in [0.15, 0.2) is 0 Å². The molecule has 0 bridgehead atoms. The van der Waals surface area contributed by atoms with Gasteiger partial charge in [-0.25, -0.2) is 0 Å². The largest absolute Gasteiger partial charge is 0.472 e. The standard InChI is InChI=1S/C15H17NO/c1-16-15(8-11-6-7-17-10-11)14-9-12-4-2-3-5-13(12)14/h2-7,10,14-16H,8-9H2,1H3. The molecule has 0 amide bonds. The first-order chi connectivity index (χ1) is 8.38. The highest BCUT2D eigenvalue weighted by Gasteiger charge is 2.31. The molecule has 3 rings (SSSR count). The summed E-state index contributed by atoms with van der Waals surface area (Å²) in [4.78, 5) is 0. The van der Waals surface area contributed by atoms with E-state index in [9.17, 15) is 0 Å². The second-order valence-corrected chi connectivity index (χ2v) is 4.74. The van der Waals surface area contributed by atoms with Gasteiger partial charge in [-0.05, 0) is 42.6 Å². The van der Waals surface area contributed by atoms with Crippen molar-refractivity contribution in [2.24, 2.45) is 0 Å². The average Bonchev–Trinajstić information content (AvgIpc) is 2.82. The lowest BCUT2D eigenvalue weighted by atomic mass is 9.72. The molecule has 2 heteroatoms. The Morgan fingerprint density at radius 2 is 2.24 bits per heavy atom. The van der Waals surface area contributed by atoms with E-state index in [0.29, 0.717) is 12.0 Å². The van der Waals surface area contributed by atoms with Gasteiger partial charge in [0.1, 0.15) is 0 Å². The third-order valence-corrected chi connectivity index (χ3v) is 3.79. The topological polar surface area (TPSA) is 25.2 Å². The van der Waals surface area contributed by atoms with Crippen LogP contribution >= 0.6 is 0 Å². The predicted octanol–water partition coefficient (Wildman–Crippen LogP) is 2.75. The lowest BCUT2D eigenvalue weighted by Crippen LogP contribution is -2.39. The molecule has 0 saturated heterocycles. The zero-order valence-corrected chi connectivity index (χ0v) is 10.0. The molecule has 0 radical (unpaired) electrons. The molecule has 2 nitrogen and oxygen atoms in total. The highest BCUT2D eigenvalue weighted by Crippen LogP contribution is 2.38. The number of hydrogen-bond acceptors (Lipinski definition) is 2. The highest BCUT2D eigenvalue weighted by molar-refractivity contribution is 5.41. The molecule has 2 atom stereocenters. The summed E-state index contributed by atoms with van der Waals surface area (Å²) in [6.45, 7) is 0. The Morgan fingerprint density at radius 1 is 1.35 bits per heavy atom. The predicted molar refractivity (Wildman–Crippen MR) is 68.1 cm³/mol. The monoisotopic (exact) mass is 227 g/mol. The average molecular weight is 227 g/mol. The van der Waals surface area contributed by atoms with E-state index in [0.717, 1.165) is 6.42 Å². The van der Waals surface area contributed by atoms with Crippen molar-refractivity contribution in [2.45, 2.75) is 24.8 Å². The van der Waals surface area contributed by atoms with Gasteiger partial charge >= 0.3 is 0 Å². The van der Waals surface area contributed by atoms with Crippen LogP contribution in [0.3, 0.4) is 0 Å². The van der Waals surface area contributed by atoms with Crippen molar-refractivity contribution in [1.29, 1.82) is 0 Å². The molecule has 0 saturated carbocycles. The molecular formula is C15H17NO. The van der Waals surface area contributed by atoms with Crippen molar-refractivity contribution >= 4 is 0 Å². The molecule has 1 aromatic carbocycles. The first-order valence-electron chi connectivity index (χ1n) is 6.14. The third-order valence-electron chi connectivity index (χ3n) is 3.79. The van der Waals surface area contributed by atoms with Gasteiger partial charge in [0.2, 0.25) is 0 Å². The van der Waals surface area contributed by atoms with Crippen LogP contribution in [0.1, 0.15) is 22.6 Å². The van der Waals surface area contributed by atoms with Crippen molar-refractivity contribution in [3.63, 3.8) is 0 Å². The molecule has 0 fully saturated rings. The van der Waals surface area contributed by atoms with Gasteiger partial charge in [-0.15, -0.1) is 0 Å². The molecule has 1 aliphatic rings. The van der Waals surface area contributed by atoms with Crippen molar-refractivity contribution in [3.8, 4) is 0 Å². The lowest BCUT2D eigenvalue weighted by molar-refractivity contribution is 0.421. The lowest BCUT2D eigenvalue weighted by Gasteiger charge is -2.36. The Morgan fingerprint density at radius 3 is 2.94 bits per heavy atom. The van der Waals surface area contributed by atoms with E-state index in [1.165, 1.54) is 23.1 Å². The third kappa shape index (κ3) is 1.89. The minimum absolute atomic E-state index is 0.502. The molecule has 2 unspecified atom stereocenters. The summed E-state index contributed by atoms with van der Waals surface area (Å²) >= 11 is 0. The summed E-state index contributed by atoms with van der Waals surface area (Å²) in [6, 6.07) is 11.3. The Balaban J connectivity index is 1.76. The molecule has 1 N–H and O–H groups in total. The molecular weight excluding hydrogens is 210 g/mol. The van der Waals surface area contributed by atoms with Crippen molar-refractivity contribution in [1.82, 2.24) is 5.32 Å². The molecule has 1 aliphatic carbocycles. The minimum atomic E-state index is 0.502. The van der Waals surface area contributed by atoms with Gasteiger partial charge < -0.3 is 9.73 Å². The van der Waals surface area contributed by atoms with Gasteiger partial charge in [0.05, 0.1) is 12.5 Å². The summed E-state index contributed by atoms with van der Waals surface area (Å²) in [6.07, 6.45) is 5.82. The van der Waals surface area contributed by atoms with E-state index < -0.39 is 0 Å². The van der Waals surface area contributed by atoms with E-state index in [1.54, 1.807) is 6.26 Å². The second-order valence-electron chi connectivity index (χ2n) is 4.74. The summed E-state index contributed by atoms with van der Waals surface area (Å²) in [5, 5.41) is 3.44. The quantitative estimate of drug-likeness (QED) is 0.868. The van der Waals surface area contributed by atoms with Gasteiger partial charge in [-0.3, -0.25) is 0 Å². The van der Waals surface area contributed by atoms with Crippen molar-refractivity contribution in [3.05, 3.63) is 59.5 Å². The molecule has 0 aliphatic heterocycles. The Kier molecular flexibility index (Phi) is 2.73. The zero-order chi connectivity index (χ0) is 11.7. The maximum absolute atomic E-state index is 5.13. The maximum atomic E-state index is 5.13. The number of fused-ring (bicyclic) bond motifs is 1. The summed E-state index contributed by atoms with van der Waals surface area (Å²) < 4.78 is 5.13. The maximum Gasteiger partial charge on any atom is 0.0935 e. The zero-order valence-electron chi connectivity index (χ0n) is 10.0. The van der Waals surface area contributed by atoms with Gasteiger partial charge in [-0.2, -0.15) is 0 Å². The van der Waals surface area contributed by atoms with Crippen LogP contribution in [0.15, 0.2) is 47.3 Å². The minimum Gasteiger partial charge on any atom is -0.472 e. The second kappa shape index (κ2) is 4.38. The van der Waals surface area contributed by atoms with Crippen LogP contribution in [0, 0.1) is 0 Å². The van der Waals surface area contributed by atoms with Crippen molar-refractivity contribution < 1.29 is 4.42 Å². The van der Waals surface area contributed by atoms with Gasteiger partial charge in [0, 0.05) is 12.0 Å². The van der Waals surface area contributed by atoms with Crippen molar-refractivity contribution in [2.75, 3.05) is 7.05 Å². The van der Waals surface area contributed by atoms with E-state index in [-0.39, 0.29) is 0 Å². The smallest absolute Gasteiger partial charge is 0.0935 e. The summed E-state index contributed by atoms with van der Waals surface area (Å²) in [5.41, 5.74) is 4.29. The van der Waals surface area contributed by atoms with Crippen LogP contribution in [0.25, 0.3) is 0 Å². The van der Waals surface area contributed by atoms with Crippen LogP contribution in [0.4, 0.5) is 0 Å². The van der Waals surface area contributed by atoms with E-state index in [1.807, 2.05) is 13.3 Å². The number of likely N-dealkylation sites (N-methyl/N-ethyl adjacent to an activating group) is 1. The molecule has 1 heterocycles. The number of benzene rings is 1. The Hall–Kier alpha value is -1.54. The summed E-state index contributed by atoms with van der Waals surface area (Å²) in [7, 11) is 2.05. The fourth-order valence-electron chi connectivity index (χ4n) is 2.76. The highest BCUT2D eigenvalue weighted by atomic mass is 16.3. The molecule has 2 aromatic rings. The first-order valence-corrected chi connectivity index (χ1v) is 6.14. The molecule has 88 valence electrons. The van der Waals surface area contributed by atoms with Gasteiger partial charge in [0.25, 0.3) is 0 Å². The van der Waals surface area contributed by atoms with Gasteiger partial charge in [-0.1, -0.05) is 24.3 Å². The van der Waals surface area contributed by atoms with Crippen LogP contribution in [-0.2, 0) is 12.8 Å². The van der Waals surface area contributed by atoms with Crippen LogP contribution in [-0.4, -0.2) is 13.1 Å².